The fourth-order valence-electron chi connectivity index (χ4n) is 1.90. The van der Waals surface area contributed by atoms with Crippen LogP contribution in [0.2, 0.25) is 0 Å². The van der Waals surface area contributed by atoms with Crippen molar-refractivity contribution < 1.29 is 9.50 Å². The van der Waals surface area contributed by atoms with E-state index in [-0.39, 0.29) is 11.7 Å². The van der Waals surface area contributed by atoms with Crippen LogP contribution in [-0.2, 0) is 0 Å². The van der Waals surface area contributed by atoms with Crippen LogP contribution >= 0.6 is 0 Å². The molecule has 1 aliphatic rings. The molecular weight excluding hydrogens is 183 g/mol. The molecule has 1 aliphatic heterocycles. The predicted octanol–water partition coefficient (Wildman–Crippen LogP) is 1.00. The normalized spacial score (nSPS) is 24.5. The lowest BCUT2D eigenvalue weighted by atomic mass is 9.97. The Kier molecular flexibility index (Phi) is 2.39. The molecule has 0 spiro atoms. The lowest BCUT2D eigenvalue weighted by molar-refractivity contribution is 0.176. The number of nitrogens with one attached hydrogen (secondary N) is 1. The third kappa shape index (κ3) is 1.47. The van der Waals surface area contributed by atoms with E-state index in [2.05, 4.69) is 5.32 Å². The monoisotopic (exact) mass is 196 g/mol. The molecule has 0 amide bonds. The van der Waals surface area contributed by atoms with Crippen LogP contribution in [0.5, 0.6) is 0 Å². The maximum atomic E-state index is 12.9. The highest BCUT2D eigenvalue weighted by Gasteiger charge is 2.29. The van der Waals surface area contributed by atoms with Crippen LogP contribution in [0.15, 0.2) is 18.2 Å². The smallest absolute Gasteiger partial charge is 0.131 e. The Hall–Kier alpha value is -1.13. The van der Waals surface area contributed by atoms with Gasteiger partial charge in [0.05, 0.1) is 0 Å². The summed E-state index contributed by atoms with van der Waals surface area (Å²) in [6.45, 7) is 0.514. The van der Waals surface area contributed by atoms with Gasteiger partial charge < -0.3 is 16.2 Å². The minimum Gasteiger partial charge on any atom is -0.373 e. The Morgan fingerprint density at radius 1 is 1.50 bits per heavy atom. The van der Waals surface area contributed by atoms with Crippen LogP contribution in [0.1, 0.15) is 17.9 Å². The number of aliphatic hydroxyl groups excluding tert-OH is 1. The molecule has 1 aromatic carbocycles. The topological polar surface area (TPSA) is 58.3 Å². The molecule has 4 heteroatoms. The fourth-order valence-corrected chi connectivity index (χ4v) is 1.90. The third-order valence-electron chi connectivity index (χ3n) is 2.58. The van der Waals surface area contributed by atoms with Gasteiger partial charge in [0.2, 0.25) is 0 Å². The van der Waals surface area contributed by atoms with Crippen molar-refractivity contribution in [2.75, 3.05) is 11.9 Å². The van der Waals surface area contributed by atoms with Gasteiger partial charge in [0, 0.05) is 11.6 Å². The van der Waals surface area contributed by atoms with Crippen LogP contribution in [0.4, 0.5) is 10.1 Å². The Morgan fingerprint density at radius 2 is 2.29 bits per heavy atom. The number of fused-ring (bicyclic) bond motifs is 1. The molecule has 2 unspecified atom stereocenters. The average molecular weight is 196 g/mol. The van der Waals surface area contributed by atoms with E-state index in [0.717, 1.165) is 5.56 Å². The maximum absolute atomic E-state index is 12.9. The molecule has 0 bridgehead atoms. The second kappa shape index (κ2) is 3.55. The van der Waals surface area contributed by atoms with Crippen molar-refractivity contribution in [2.45, 2.75) is 18.6 Å². The molecule has 2 atom stereocenters. The van der Waals surface area contributed by atoms with Gasteiger partial charge in [-0.1, -0.05) is 6.07 Å². The van der Waals surface area contributed by atoms with E-state index in [9.17, 15) is 9.50 Å². The van der Waals surface area contributed by atoms with Crippen LogP contribution < -0.4 is 11.1 Å². The highest BCUT2D eigenvalue weighted by molar-refractivity contribution is 5.58. The summed E-state index contributed by atoms with van der Waals surface area (Å²) in [6, 6.07) is 4.51. The molecule has 0 aliphatic carbocycles. The lowest BCUT2D eigenvalue weighted by Gasteiger charge is -2.13. The van der Waals surface area contributed by atoms with Crippen LogP contribution in [0.25, 0.3) is 0 Å². The quantitative estimate of drug-likeness (QED) is 0.661. The number of rotatable bonds is 2. The van der Waals surface area contributed by atoms with Gasteiger partial charge in [-0.2, -0.15) is 0 Å². The fraction of sp³-hybridized carbons (Fsp3) is 0.400. The van der Waals surface area contributed by atoms with Gasteiger partial charge in [0.1, 0.15) is 12.0 Å². The van der Waals surface area contributed by atoms with E-state index in [1.165, 1.54) is 12.1 Å². The van der Waals surface area contributed by atoms with Crippen LogP contribution in [0.3, 0.4) is 0 Å². The summed E-state index contributed by atoms with van der Waals surface area (Å²) >= 11 is 0. The summed E-state index contributed by atoms with van der Waals surface area (Å²) in [7, 11) is 0. The number of hydrogen-bond acceptors (Lipinski definition) is 3. The SMILES string of the molecule is NCCC1c2ccc(F)cc2NC1O. The van der Waals surface area contributed by atoms with Gasteiger partial charge >= 0.3 is 0 Å². The average Bonchev–Trinajstić information content (AvgIpc) is 2.43. The van der Waals surface area contributed by atoms with E-state index in [4.69, 9.17) is 5.73 Å². The lowest BCUT2D eigenvalue weighted by Crippen LogP contribution is -2.21. The molecule has 76 valence electrons. The Bertz CT molecular complexity index is 343. The zero-order valence-electron chi connectivity index (χ0n) is 7.70. The van der Waals surface area contributed by atoms with Gasteiger partial charge in [-0.05, 0) is 30.7 Å². The van der Waals surface area contributed by atoms with Gasteiger partial charge in [-0.3, -0.25) is 0 Å². The molecular formula is C10H13FN2O. The van der Waals surface area contributed by atoms with Crippen molar-refractivity contribution in [3.05, 3.63) is 29.6 Å². The summed E-state index contributed by atoms with van der Waals surface area (Å²) in [6.07, 6.45) is 0.0580. The van der Waals surface area contributed by atoms with Gasteiger partial charge in [-0.25, -0.2) is 4.39 Å². The van der Waals surface area contributed by atoms with Crippen molar-refractivity contribution >= 4 is 5.69 Å². The van der Waals surface area contributed by atoms with Crippen molar-refractivity contribution in [1.82, 2.24) is 0 Å². The van der Waals surface area contributed by atoms with E-state index < -0.39 is 6.23 Å². The molecule has 3 nitrogen and oxygen atoms in total. The molecule has 0 radical (unpaired) electrons. The largest absolute Gasteiger partial charge is 0.373 e. The first kappa shape index (κ1) is 9.43. The van der Waals surface area contributed by atoms with E-state index in [1.54, 1.807) is 6.07 Å². The number of aliphatic hydroxyl groups is 1. The Morgan fingerprint density at radius 3 is 3.00 bits per heavy atom. The zero-order chi connectivity index (χ0) is 10.1. The van der Waals surface area contributed by atoms with Gasteiger partial charge in [0.15, 0.2) is 0 Å². The van der Waals surface area contributed by atoms with Crippen molar-refractivity contribution in [2.24, 2.45) is 5.73 Å². The second-order valence-electron chi connectivity index (χ2n) is 3.50. The molecule has 1 heterocycles. The van der Waals surface area contributed by atoms with Crippen molar-refractivity contribution in [1.29, 1.82) is 0 Å². The Labute approximate surface area is 81.7 Å². The Balaban J connectivity index is 2.33. The maximum Gasteiger partial charge on any atom is 0.131 e. The van der Waals surface area contributed by atoms with Crippen molar-refractivity contribution in [3.8, 4) is 0 Å². The molecule has 14 heavy (non-hydrogen) atoms. The summed E-state index contributed by atoms with van der Waals surface area (Å²) in [5.74, 6) is -0.313. The summed E-state index contributed by atoms with van der Waals surface area (Å²) in [5, 5.41) is 12.5. The first-order valence-corrected chi connectivity index (χ1v) is 4.66. The minimum absolute atomic E-state index is 0.0180. The zero-order valence-corrected chi connectivity index (χ0v) is 7.70. The number of benzene rings is 1. The number of halogens is 1. The molecule has 1 aromatic rings. The molecule has 2 rings (SSSR count). The number of anilines is 1. The summed E-state index contributed by atoms with van der Waals surface area (Å²) in [5.41, 5.74) is 7.07. The number of nitrogens with two attached hydrogens (primary N) is 1. The van der Waals surface area contributed by atoms with Gasteiger partial charge in [0.25, 0.3) is 0 Å². The molecule has 4 N–H and O–H groups in total. The second-order valence-corrected chi connectivity index (χ2v) is 3.50. The first-order chi connectivity index (χ1) is 6.72. The van der Waals surface area contributed by atoms with E-state index >= 15 is 0 Å². The van der Waals surface area contributed by atoms with Crippen molar-refractivity contribution in [3.63, 3.8) is 0 Å². The number of hydrogen-bond donors (Lipinski definition) is 3. The van der Waals surface area contributed by atoms with Crippen LogP contribution in [-0.4, -0.2) is 17.9 Å². The predicted molar refractivity (Wildman–Crippen MR) is 52.4 cm³/mol. The molecule has 0 saturated heterocycles. The first-order valence-electron chi connectivity index (χ1n) is 4.66. The molecule has 0 saturated carbocycles. The molecule has 0 aromatic heterocycles. The standard InChI is InChI=1S/C10H13FN2O/c11-6-1-2-7-8(3-4-12)10(14)13-9(7)5-6/h1-2,5,8,10,13-14H,3-4,12H2. The highest BCUT2D eigenvalue weighted by Crippen LogP contribution is 2.36. The third-order valence-corrected chi connectivity index (χ3v) is 2.58. The summed E-state index contributed by atoms with van der Waals surface area (Å²) in [4.78, 5) is 0. The minimum atomic E-state index is -0.643. The van der Waals surface area contributed by atoms with E-state index in [0.29, 0.717) is 18.7 Å². The highest BCUT2D eigenvalue weighted by atomic mass is 19.1. The van der Waals surface area contributed by atoms with Gasteiger partial charge in [-0.15, -0.1) is 0 Å². The van der Waals surface area contributed by atoms with Crippen LogP contribution in [0, 0.1) is 5.82 Å². The summed E-state index contributed by atoms with van der Waals surface area (Å²) < 4.78 is 12.9. The molecule has 0 fully saturated rings. The van der Waals surface area contributed by atoms with E-state index in [1.807, 2.05) is 0 Å².